The molecule has 21 heavy (non-hydrogen) atoms. The molecule has 0 saturated heterocycles. The maximum atomic E-state index is 12.4. The van der Waals surface area contributed by atoms with E-state index in [4.69, 9.17) is 0 Å². The van der Waals surface area contributed by atoms with E-state index >= 15 is 0 Å². The molecule has 0 atom stereocenters. The SMILES string of the molecule is FC(F)(F)c1nc(-c2ccc(CN3CC=CS3)cc2)no1. The Labute approximate surface area is 122 Å². The van der Waals surface area contributed by atoms with E-state index in [1.54, 1.807) is 24.1 Å². The third-order valence-electron chi connectivity index (χ3n) is 2.85. The van der Waals surface area contributed by atoms with Gasteiger partial charge in [0, 0.05) is 18.7 Å². The molecule has 0 bridgehead atoms. The number of rotatable bonds is 3. The number of nitrogens with zero attached hydrogens (tertiary/aromatic N) is 3. The Balaban J connectivity index is 1.73. The Hall–Kier alpha value is -1.80. The zero-order valence-electron chi connectivity index (χ0n) is 10.7. The first-order valence-corrected chi connectivity index (χ1v) is 6.93. The Morgan fingerprint density at radius 2 is 2.00 bits per heavy atom. The molecular weight excluding hydrogens is 303 g/mol. The second-order valence-electron chi connectivity index (χ2n) is 4.42. The van der Waals surface area contributed by atoms with Gasteiger partial charge in [-0.25, -0.2) is 4.31 Å². The lowest BCUT2D eigenvalue weighted by Gasteiger charge is -2.13. The minimum absolute atomic E-state index is 0.0638. The maximum absolute atomic E-state index is 12.4. The van der Waals surface area contributed by atoms with Crippen molar-refractivity contribution in [2.75, 3.05) is 6.54 Å². The summed E-state index contributed by atoms with van der Waals surface area (Å²) in [7, 11) is 0. The molecule has 0 radical (unpaired) electrons. The van der Waals surface area contributed by atoms with Crippen molar-refractivity contribution >= 4 is 11.9 Å². The lowest BCUT2D eigenvalue weighted by atomic mass is 10.1. The smallest absolute Gasteiger partial charge is 0.329 e. The monoisotopic (exact) mass is 313 g/mol. The number of alkyl halides is 3. The largest absolute Gasteiger partial charge is 0.471 e. The Kier molecular flexibility index (Phi) is 3.73. The van der Waals surface area contributed by atoms with Gasteiger partial charge in [-0.3, -0.25) is 0 Å². The van der Waals surface area contributed by atoms with Crippen LogP contribution in [-0.4, -0.2) is 21.0 Å². The first-order chi connectivity index (χ1) is 10.0. The van der Waals surface area contributed by atoms with E-state index in [0.717, 1.165) is 18.7 Å². The van der Waals surface area contributed by atoms with Crippen molar-refractivity contribution in [2.45, 2.75) is 12.7 Å². The van der Waals surface area contributed by atoms with E-state index in [9.17, 15) is 13.2 Å². The second-order valence-corrected chi connectivity index (χ2v) is 5.42. The molecule has 2 aromatic rings. The van der Waals surface area contributed by atoms with Crippen LogP contribution in [0.15, 0.2) is 40.3 Å². The zero-order chi connectivity index (χ0) is 14.9. The summed E-state index contributed by atoms with van der Waals surface area (Å²) in [5.41, 5.74) is 1.56. The van der Waals surface area contributed by atoms with Gasteiger partial charge in [0.1, 0.15) is 0 Å². The molecule has 1 aromatic heterocycles. The normalized spacial score (nSPS) is 15.8. The number of hydrogen-bond acceptors (Lipinski definition) is 5. The summed E-state index contributed by atoms with van der Waals surface area (Å²) in [6, 6.07) is 7.07. The number of halogens is 3. The maximum Gasteiger partial charge on any atom is 0.471 e. The van der Waals surface area contributed by atoms with Crippen molar-refractivity contribution in [3.8, 4) is 11.4 Å². The number of benzene rings is 1. The Bertz CT molecular complexity index is 643. The molecule has 110 valence electrons. The fourth-order valence-electron chi connectivity index (χ4n) is 1.85. The standard InChI is InChI=1S/C13H10F3N3OS/c14-13(15,16)12-17-11(18-20-12)10-4-2-9(3-5-10)8-19-6-1-7-21-19/h1-5,7H,6,8H2. The highest BCUT2D eigenvalue weighted by atomic mass is 32.2. The number of aromatic nitrogens is 2. The van der Waals surface area contributed by atoms with E-state index in [1.165, 1.54) is 0 Å². The summed E-state index contributed by atoms with van der Waals surface area (Å²) in [5, 5.41) is 5.38. The van der Waals surface area contributed by atoms with Crippen molar-refractivity contribution < 1.29 is 17.7 Å². The molecule has 1 aliphatic heterocycles. The highest BCUT2D eigenvalue weighted by Crippen LogP contribution is 2.29. The molecule has 0 unspecified atom stereocenters. The summed E-state index contributed by atoms with van der Waals surface area (Å²) in [6.45, 7) is 1.64. The van der Waals surface area contributed by atoms with Crippen molar-refractivity contribution in [1.82, 2.24) is 14.4 Å². The molecule has 1 aromatic carbocycles. The molecule has 0 amide bonds. The molecule has 3 rings (SSSR count). The summed E-state index contributed by atoms with van der Waals surface area (Å²) < 4.78 is 43.6. The predicted octanol–water partition coefficient (Wildman–Crippen LogP) is 3.73. The van der Waals surface area contributed by atoms with Crippen LogP contribution < -0.4 is 0 Å². The van der Waals surface area contributed by atoms with E-state index < -0.39 is 12.1 Å². The van der Waals surface area contributed by atoms with Gasteiger partial charge in [0.05, 0.1) is 0 Å². The molecule has 8 heteroatoms. The van der Waals surface area contributed by atoms with Crippen LogP contribution in [0.4, 0.5) is 13.2 Å². The number of hydrogen-bond donors (Lipinski definition) is 0. The van der Waals surface area contributed by atoms with Crippen LogP contribution in [0.2, 0.25) is 0 Å². The molecule has 0 spiro atoms. The minimum atomic E-state index is -4.62. The van der Waals surface area contributed by atoms with Crippen LogP contribution in [0.3, 0.4) is 0 Å². The van der Waals surface area contributed by atoms with Gasteiger partial charge in [-0.15, -0.1) is 0 Å². The van der Waals surface area contributed by atoms with Crippen molar-refractivity contribution in [1.29, 1.82) is 0 Å². The van der Waals surface area contributed by atoms with E-state index in [-0.39, 0.29) is 5.82 Å². The lowest BCUT2D eigenvalue weighted by molar-refractivity contribution is -0.159. The molecule has 1 aliphatic rings. The molecule has 0 fully saturated rings. The fourth-order valence-corrected chi connectivity index (χ4v) is 2.59. The average molecular weight is 313 g/mol. The predicted molar refractivity (Wildman–Crippen MR) is 71.9 cm³/mol. The average Bonchev–Trinajstić information content (AvgIpc) is 3.09. The van der Waals surface area contributed by atoms with Crippen LogP contribution in [0.1, 0.15) is 11.5 Å². The summed E-state index contributed by atoms with van der Waals surface area (Å²) in [5.74, 6) is -1.40. The fraction of sp³-hybridized carbons (Fsp3) is 0.231. The quantitative estimate of drug-likeness (QED) is 0.808. The summed E-state index contributed by atoms with van der Waals surface area (Å²) in [4.78, 5) is 3.36. The molecule has 0 aliphatic carbocycles. The van der Waals surface area contributed by atoms with Crippen LogP contribution in [0.5, 0.6) is 0 Å². The zero-order valence-corrected chi connectivity index (χ0v) is 11.5. The second kappa shape index (κ2) is 5.53. The van der Waals surface area contributed by atoms with Crippen molar-refractivity contribution in [2.24, 2.45) is 0 Å². The van der Waals surface area contributed by atoms with E-state index in [1.807, 2.05) is 17.5 Å². The molecular formula is C13H10F3N3OS. The van der Waals surface area contributed by atoms with Crippen LogP contribution in [0.25, 0.3) is 11.4 Å². The van der Waals surface area contributed by atoms with Gasteiger partial charge < -0.3 is 4.52 Å². The molecule has 0 N–H and O–H groups in total. The van der Waals surface area contributed by atoms with Crippen LogP contribution >= 0.6 is 11.9 Å². The van der Waals surface area contributed by atoms with Gasteiger partial charge in [0.2, 0.25) is 5.82 Å². The van der Waals surface area contributed by atoms with Gasteiger partial charge in [-0.1, -0.05) is 35.5 Å². The van der Waals surface area contributed by atoms with Crippen molar-refractivity contribution in [3.63, 3.8) is 0 Å². The Morgan fingerprint density at radius 3 is 2.57 bits per heavy atom. The van der Waals surface area contributed by atoms with Crippen molar-refractivity contribution in [3.05, 3.63) is 47.2 Å². The first-order valence-electron chi connectivity index (χ1n) is 6.09. The lowest BCUT2D eigenvalue weighted by Crippen LogP contribution is -2.10. The van der Waals surface area contributed by atoms with Gasteiger partial charge in [-0.05, 0) is 22.9 Å². The highest BCUT2D eigenvalue weighted by Gasteiger charge is 2.38. The third kappa shape index (κ3) is 3.27. The van der Waals surface area contributed by atoms with E-state index in [0.29, 0.717) is 5.56 Å². The topological polar surface area (TPSA) is 42.2 Å². The minimum Gasteiger partial charge on any atom is -0.329 e. The van der Waals surface area contributed by atoms with Crippen LogP contribution in [-0.2, 0) is 12.7 Å². The molecule has 2 heterocycles. The van der Waals surface area contributed by atoms with Crippen LogP contribution in [0, 0.1) is 0 Å². The molecule has 4 nitrogen and oxygen atoms in total. The third-order valence-corrected chi connectivity index (χ3v) is 3.75. The van der Waals surface area contributed by atoms with E-state index in [2.05, 4.69) is 25.0 Å². The van der Waals surface area contributed by atoms with Gasteiger partial charge >= 0.3 is 12.1 Å². The first kappa shape index (κ1) is 14.2. The molecule has 0 saturated carbocycles. The van der Waals surface area contributed by atoms with Gasteiger partial charge in [-0.2, -0.15) is 18.2 Å². The summed E-state index contributed by atoms with van der Waals surface area (Å²) >= 11 is 1.63. The Morgan fingerprint density at radius 1 is 1.24 bits per heavy atom. The highest BCUT2D eigenvalue weighted by molar-refractivity contribution is 8.00. The van der Waals surface area contributed by atoms with Gasteiger partial charge in [0.15, 0.2) is 0 Å². The van der Waals surface area contributed by atoms with Gasteiger partial charge in [0.25, 0.3) is 0 Å². The summed E-state index contributed by atoms with van der Waals surface area (Å²) in [6.07, 6.45) is -2.55.